The zero-order valence-electron chi connectivity index (χ0n) is 11.9. The second-order valence-corrected chi connectivity index (χ2v) is 5.39. The molecule has 3 nitrogen and oxygen atoms in total. The van der Waals surface area contributed by atoms with Crippen LogP contribution in [0.4, 0.5) is 5.69 Å². The third kappa shape index (κ3) is 4.52. The van der Waals surface area contributed by atoms with Crippen molar-refractivity contribution in [2.24, 2.45) is 0 Å². The van der Waals surface area contributed by atoms with Gasteiger partial charge in [0.1, 0.15) is 0 Å². The van der Waals surface area contributed by atoms with Crippen LogP contribution in [0.25, 0.3) is 0 Å². The van der Waals surface area contributed by atoms with Gasteiger partial charge in [0.05, 0.1) is 12.5 Å². The molecule has 4 heteroatoms. The molecule has 0 bridgehead atoms. The molecular formula is C15H22BrN3. The largest absolute Gasteiger partial charge is 0.371 e. The van der Waals surface area contributed by atoms with Crippen molar-refractivity contribution in [2.45, 2.75) is 33.2 Å². The smallest absolute Gasteiger partial charge is 0.0640 e. The Morgan fingerprint density at radius 2 is 2.16 bits per heavy atom. The highest BCUT2D eigenvalue weighted by atomic mass is 79.9. The van der Waals surface area contributed by atoms with Crippen LogP contribution < -0.4 is 10.2 Å². The van der Waals surface area contributed by atoms with Gasteiger partial charge in [-0.1, -0.05) is 22.9 Å². The summed E-state index contributed by atoms with van der Waals surface area (Å²) < 4.78 is 1.09. The molecule has 0 amide bonds. The molecular weight excluding hydrogens is 302 g/mol. The van der Waals surface area contributed by atoms with Gasteiger partial charge in [0, 0.05) is 29.3 Å². The standard InChI is InChI=1S/C15H22BrN3/c1-4-18-12(3)14-11-13(16)7-8-15(14)19(5-2)10-6-9-17/h7-8,11-12,18H,4-6,10H2,1-3H3. The Morgan fingerprint density at radius 3 is 2.74 bits per heavy atom. The van der Waals surface area contributed by atoms with Crippen LogP contribution >= 0.6 is 15.9 Å². The van der Waals surface area contributed by atoms with Crippen LogP contribution in [0.1, 0.15) is 38.8 Å². The lowest BCUT2D eigenvalue weighted by Crippen LogP contribution is -2.27. The first-order valence-electron chi connectivity index (χ1n) is 6.78. The summed E-state index contributed by atoms with van der Waals surface area (Å²) in [4.78, 5) is 2.26. The van der Waals surface area contributed by atoms with Crippen molar-refractivity contribution in [3.8, 4) is 6.07 Å². The summed E-state index contributed by atoms with van der Waals surface area (Å²) in [5.41, 5.74) is 2.49. The molecule has 0 aromatic heterocycles. The molecule has 0 fully saturated rings. The molecule has 0 aliphatic carbocycles. The van der Waals surface area contributed by atoms with Crippen LogP contribution in [0, 0.1) is 11.3 Å². The number of hydrogen-bond acceptors (Lipinski definition) is 3. The van der Waals surface area contributed by atoms with E-state index in [-0.39, 0.29) is 0 Å². The summed E-state index contributed by atoms with van der Waals surface area (Å²) in [6.07, 6.45) is 0.554. The number of halogens is 1. The second kappa shape index (κ2) is 8.19. The number of nitrogens with one attached hydrogen (secondary N) is 1. The van der Waals surface area contributed by atoms with Crippen LogP contribution in [0.2, 0.25) is 0 Å². The Labute approximate surface area is 124 Å². The molecule has 1 rings (SSSR count). The molecule has 0 saturated heterocycles. The molecule has 0 heterocycles. The van der Waals surface area contributed by atoms with Gasteiger partial charge in [-0.25, -0.2) is 0 Å². The highest BCUT2D eigenvalue weighted by Gasteiger charge is 2.14. The summed E-state index contributed by atoms with van der Waals surface area (Å²) in [5.74, 6) is 0. The topological polar surface area (TPSA) is 39.1 Å². The van der Waals surface area contributed by atoms with Crippen molar-refractivity contribution in [1.82, 2.24) is 5.32 Å². The number of nitrogens with zero attached hydrogens (tertiary/aromatic N) is 2. The van der Waals surface area contributed by atoms with Gasteiger partial charge in [0.2, 0.25) is 0 Å². The van der Waals surface area contributed by atoms with E-state index in [0.717, 1.165) is 24.1 Å². The Balaban J connectivity index is 3.07. The molecule has 1 atom stereocenters. The maximum Gasteiger partial charge on any atom is 0.0640 e. The first-order chi connectivity index (χ1) is 9.13. The first-order valence-corrected chi connectivity index (χ1v) is 7.58. The van der Waals surface area contributed by atoms with Crippen molar-refractivity contribution in [2.75, 3.05) is 24.5 Å². The summed E-state index contributed by atoms with van der Waals surface area (Å²) in [6.45, 7) is 9.04. The Morgan fingerprint density at radius 1 is 1.42 bits per heavy atom. The second-order valence-electron chi connectivity index (χ2n) is 4.47. The first kappa shape index (κ1) is 16.0. The average Bonchev–Trinajstić information content (AvgIpc) is 2.41. The average molecular weight is 324 g/mol. The maximum atomic E-state index is 8.77. The molecule has 19 heavy (non-hydrogen) atoms. The predicted molar refractivity (Wildman–Crippen MR) is 84.4 cm³/mol. The van der Waals surface area contributed by atoms with E-state index >= 15 is 0 Å². The molecule has 1 N–H and O–H groups in total. The maximum absolute atomic E-state index is 8.77. The summed E-state index contributed by atoms with van der Waals surface area (Å²) in [6, 6.07) is 8.88. The summed E-state index contributed by atoms with van der Waals surface area (Å²) >= 11 is 3.54. The summed E-state index contributed by atoms with van der Waals surface area (Å²) in [5, 5.41) is 12.2. The number of rotatable bonds is 7. The van der Waals surface area contributed by atoms with Gasteiger partial charge in [0.25, 0.3) is 0 Å². The Bertz CT molecular complexity index is 440. The molecule has 0 aliphatic heterocycles. The van der Waals surface area contributed by atoms with Crippen LogP contribution in [0.5, 0.6) is 0 Å². The molecule has 0 spiro atoms. The van der Waals surface area contributed by atoms with Crippen molar-refractivity contribution >= 4 is 21.6 Å². The van der Waals surface area contributed by atoms with Gasteiger partial charge in [-0.05, 0) is 44.2 Å². The normalized spacial score (nSPS) is 11.9. The lowest BCUT2D eigenvalue weighted by molar-refractivity contribution is 0.595. The van der Waals surface area contributed by atoms with Crippen molar-refractivity contribution in [3.05, 3.63) is 28.2 Å². The van der Waals surface area contributed by atoms with Crippen molar-refractivity contribution in [3.63, 3.8) is 0 Å². The number of benzene rings is 1. The third-order valence-electron chi connectivity index (χ3n) is 3.18. The minimum atomic E-state index is 0.300. The van der Waals surface area contributed by atoms with E-state index in [9.17, 15) is 0 Å². The van der Waals surface area contributed by atoms with E-state index in [1.165, 1.54) is 11.3 Å². The third-order valence-corrected chi connectivity index (χ3v) is 3.68. The van der Waals surface area contributed by atoms with Crippen molar-refractivity contribution < 1.29 is 0 Å². The zero-order valence-corrected chi connectivity index (χ0v) is 13.5. The lowest BCUT2D eigenvalue weighted by atomic mass is 10.0. The van der Waals surface area contributed by atoms with Gasteiger partial charge in [0.15, 0.2) is 0 Å². The quantitative estimate of drug-likeness (QED) is 0.828. The molecule has 0 aliphatic rings. The van der Waals surface area contributed by atoms with Crippen LogP contribution in [0.3, 0.4) is 0 Å². The fourth-order valence-electron chi connectivity index (χ4n) is 2.21. The number of nitriles is 1. The van der Waals surface area contributed by atoms with Gasteiger partial charge >= 0.3 is 0 Å². The fraction of sp³-hybridized carbons (Fsp3) is 0.533. The highest BCUT2D eigenvalue weighted by molar-refractivity contribution is 9.10. The van der Waals surface area contributed by atoms with E-state index < -0.39 is 0 Å². The van der Waals surface area contributed by atoms with E-state index in [2.05, 4.69) is 71.2 Å². The number of hydrogen-bond donors (Lipinski definition) is 1. The zero-order chi connectivity index (χ0) is 14.3. The monoisotopic (exact) mass is 323 g/mol. The van der Waals surface area contributed by atoms with Crippen LogP contribution in [-0.2, 0) is 0 Å². The van der Waals surface area contributed by atoms with Crippen molar-refractivity contribution in [1.29, 1.82) is 5.26 Å². The molecule has 1 unspecified atom stereocenters. The Hall–Kier alpha value is -1.05. The van der Waals surface area contributed by atoms with E-state index in [0.29, 0.717) is 12.5 Å². The van der Waals surface area contributed by atoms with Gasteiger partial charge in [-0.2, -0.15) is 5.26 Å². The van der Waals surface area contributed by atoms with Gasteiger partial charge in [-0.15, -0.1) is 0 Å². The molecule has 0 saturated carbocycles. The molecule has 0 radical (unpaired) electrons. The molecule has 1 aromatic carbocycles. The molecule has 104 valence electrons. The minimum Gasteiger partial charge on any atom is -0.371 e. The predicted octanol–water partition coefficient (Wildman–Crippen LogP) is 3.86. The van der Waals surface area contributed by atoms with Crippen LogP contribution in [-0.4, -0.2) is 19.6 Å². The Kier molecular flexibility index (Phi) is 6.90. The van der Waals surface area contributed by atoms with E-state index in [4.69, 9.17) is 5.26 Å². The van der Waals surface area contributed by atoms with E-state index in [1.54, 1.807) is 0 Å². The molecule has 1 aromatic rings. The SMILES string of the molecule is CCNC(C)c1cc(Br)ccc1N(CC)CCC#N. The fourth-order valence-corrected chi connectivity index (χ4v) is 2.59. The van der Waals surface area contributed by atoms with Crippen LogP contribution in [0.15, 0.2) is 22.7 Å². The lowest BCUT2D eigenvalue weighted by Gasteiger charge is -2.27. The minimum absolute atomic E-state index is 0.300. The van der Waals surface area contributed by atoms with Gasteiger partial charge in [-0.3, -0.25) is 0 Å². The van der Waals surface area contributed by atoms with E-state index in [1.807, 2.05) is 0 Å². The number of anilines is 1. The summed E-state index contributed by atoms with van der Waals surface area (Å²) in [7, 11) is 0. The van der Waals surface area contributed by atoms with Gasteiger partial charge < -0.3 is 10.2 Å². The highest BCUT2D eigenvalue weighted by Crippen LogP contribution is 2.29.